The average molecular weight is 297 g/mol. The molecule has 0 spiro atoms. The molecule has 0 aliphatic heterocycles. The Kier molecular flexibility index (Phi) is 4.49. The van der Waals surface area contributed by atoms with Gasteiger partial charge in [-0.1, -0.05) is 35.8 Å². The molecular formula is C14H14ClFN2O2. The number of carbonyl (C=O) groups excluding carboxylic acids is 1. The average Bonchev–Trinajstić information content (AvgIpc) is 2.84. The van der Waals surface area contributed by atoms with E-state index in [0.717, 1.165) is 0 Å². The molecule has 2 rings (SSSR count). The van der Waals surface area contributed by atoms with E-state index in [-0.39, 0.29) is 23.1 Å². The fraction of sp³-hybridized carbons (Fsp3) is 0.357. The summed E-state index contributed by atoms with van der Waals surface area (Å²) in [5.41, 5.74) is 0.390. The SMILES string of the molecule is CCC(C(C)=O)c1nc(Cc2cccc(Cl)c2F)no1. The van der Waals surface area contributed by atoms with E-state index in [1.54, 1.807) is 12.1 Å². The second kappa shape index (κ2) is 6.13. The summed E-state index contributed by atoms with van der Waals surface area (Å²) in [6.45, 7) is 3.35. The van der Waals surface area contributed by atoms with Crippen LogP contribution in [0.15, 0.2) is 22.7 Å². The highest BCUT2D eigenvalue weighted by atomic mass is 35.5. The lowest BCUT2D eigenvalue weighted by Gasteiger charge is -2.03. The Morgan fingerprint density at radius 1 is 1.50 bits per heavy atom. The molecule has 0 saturated heterocycles. The molecule has 1 unspecified atom stereocenters. The van der Waals surface area contributed by atoms with Gasteiger partial charge in [0.15, 0.2) is 5.82 Å². The first kappa shape index (κ1) is 14.7. The second-order valence-corrected chi connectivity index (χ2v) is 4.92. The van der Waals surface area contributed by atoms with E-state index >= 15 is 0 Å². The Bertz CT molecular complexity index is 627. The van der Waals surface area contributed by atoms with Gasteiger partial charge in [0.05, 0.1) is 10.9 Å². The van der Waals surface area contributed by atoms with Crippen molar-refractivity contribution in [1.82, 2.24) is 10.1 Å². The minimum absolute atomic E-state index is 0.0309. The first-order valence-corrected chi connectivity index (χ1v) is 6.66. The van der Waals surface area contributed by atoms with Crippen molar-refractivity contribution in [1.29, 1.82) is 0 Å². The maximum absolute atomic E-state index is 13.8. The predicted molar refractivity (Wildman–Crippen MR) is 72.2 cm³/mol. The van der Waals surface area contributed by atoms with Crippen LogP contribution in [0.1, 0.15) is 43.5 Å². The van der Waals surface area contributed by atoms with Crippen LogP contribution in [0.5, 0.6) is 0 Å². The Labute approximate surface area is 120 Å². The normalized spacial score (nSPS) is 12.4. The lowest BCUT2D eigenvalue weighted by atomic mass is 10.0. The minimum atomic E-state index is -0.487. The van der Waals surface area contributed by atoms with Crippen LogP contribution < -0.4 is 0 Å². The summed E-state index contributed by atoms with van der Waals surface area (Å²) in [7, 11) is 0. The Balaban J connectivity index is 2.21. The largest absolute Gasteiger partial charge is 0.339 e. The van der Waals surface area contributed by atoms with Crippen molar-refractivity contribution in [2.75, 3.05) is 0 Å². The molecular weight excluding hydrogens is 283 g/mol. The zero-order valence-corrected chi connectivity index (χ0v) is 11.9. The molecule has 106 valence electrons. The molecule has 1 aromatic heterocycles. The van der Waals surface area contributed by atoms with Crippen molar-refractivity contribution in [3.8, 4) is 0 Å². The number of rotatable bonds is 5. The van der Waals surface area contributed by atoms with Crippen LogP contribution >= 0.6 is 11.6 Å². The number of nitrogens with zero attached hydrogens (tertiary/aromatic N) is 2. The van der Waals surface area contributed by atoms with Crippen LogP contribution in [0, 0.1) is 5.82 Å². The van der Waals surface area contributed by atoms with Crippen LogP contribution in [0.3, 0.4) is 0 Å². The van der Waals surface area contributed by atoms with E-state index < -0.39 is 11.7 Å². The number of halogens is 2. The van der Waals surface area contributed by atoms with E-state index in [1.165, 1.54) is 13.0 Å². The smallest absolute Gasteiger partial charge is 0.237 e. The number of Topliss-reactive ketones (excluding diaryl/α,β-unsaturated/α-hetero) is 1. The van der Waals surface area contributed by atoms with E-state index in [4.69, 9.17) is 16.1 Å². The maximum Gasteiger partial charge on any atom is 0.237 e. The van der Waals surface area contributed by atoms with Gasteiger partial charge in [-0.25, -0.2) is 4.39 Å². The third kappa shape index (κ3) is 3.04. The van der Waals surface area contributed by atoms with E-state index in [0.29, 0.717) is 17.8 Å². The van der Waals surface area contributed by atoms with Crippen LogP contribution in [0.2, 0.25) is 5.02 Å². The summed E-state index contributed by atoms with van der Waals surface area (Å²) in [6, 6.07) is 4.75. The van der Waals surface area contributed by atoms with Gasteiger partial charge in [-0.15, -0.1) is 0 Å². The molecule has 0 aliphatic carbocycles. The fourth-order valence-corrected chi connectivity index (χ4v) is 2.17. The molecule has 0 amide bonds. The van der Waals surface area contributed by atoms with Crippen molar-refractivity contribution in [2.24, 2.45) is 0 Å². The number of aromatic nitrogens is 2. The summed E-state index contributed by atoms with van der Waals surface area (Å²) in [6.07, 6.45) is 0.757. The van der Waals surface area contributed by atoms with Gasteiger partial charge in [-0.2, -0.15) is 4.98 Å². The molecule has 0 radical (unpaired) electrons. The first-order valence-electron chi connectivity index (χ1n) is 6.28. The Morgan fingerprint density at radius 3 is 2.90 bits per heavy atom. The lowest BCUT2D eigenvalue weighted by Crippen LogP contribution is -2.08. The third-order valence-corrected chi connectivity index (χ3v) is 3.35. The van der Waals surface area contributed by atoms with Gasteiger partial charge in [-0.3, -0.25) is 4.79 Å². The zero-order chi connectivity index (χ0) is 14.7. The van der Waals surface area contributed by atoms with Crippen LogP contribution in [0.25, 0.3) is 0 Å². The highest BCUT2D eigenvalue weighted by Crippen LogP contribution is 2.22. The molecule has 2 aromatic rings. The summed E-state index contributed by atoms with van der Waals surface area (Å²) >= 11 is 5.72. The van der Waals surface area contributed by atoms with Crippen LogP contribution in [0.4, 0.5) is 4.39 Å². The molecule has 1 aromatic carbocycles. The molecule has 0 bridgehead atoms. The molecule has 4 nitrogen and oxygen atoms in total. The topological polar surface area (TPSA) is 56.0 Å². The van der Waals surface area contributed by atoms with E-state index in [1.807, 2.05) is 6.92 Å². The molecule has 0 aliphatic rings. The van der Waals surface area contributed by atoms with Crippen LogP contribution in [-0.4, -0.2) is 15.9 Å². The monoisotopic (exact) mass is 296 g/mol. The molecule has 20 heavy (non-hydrogen) atoms. The lowest BCUT2D eigenvalue weighted by molar-refractivity contribution is -0.119. The molecule has 0 N–H and O–H groups in total. The molecule has 0 saturated carbocycles. The molecule has 6 heteroatoms. The zero-order valence-electron chi connectivity index (χ0n) is 11.2. The highest BCUT2D eigenvalue weighted by molar-refractivity contribution is 6.30. The summed E-state index contributed by atoms with van der Waals surface area (Å²) < 4.78 is 18.9. The first-order chi connectivity index (χ1) is 9.52. The fourth-order valence-electron chi connectivity index (χ4n) is 1.97. The third-order valence-electron chi connectivity index (χ3n) is 3.06. The van der Waals surface area contributed by atoms with E-state index in [9.17, 15) is 9.18 Å². The number of benzene rings is 1. The van der Waals surface area contributed by atoms with Crippen molar-refractivity contribution in [2.45, 2.75) is 32.6 Å². The van der Waals surface area contributed by atoms with Crippen molar-refractivity contribution in [3.05, 3.63) is 46.3 Å². The highest BCUT2D eigenvalue weighted by Gasteiger charge is 2.22. The molecule has 1 atom stereocenters. The van der Waals surface area contributed by atoms with Gasteiger partial charge < -0.3 is 4.52 Å². The number of hydrogen-bond acceptors (Lipinski definition) is 4. The van der Waals surface area contributed by atoms with Gasteiger partial charge >= 0.3 is 0 Å². The van der Waals surface area contributed by atoms with Gasteiger partial charge in [0.1, 0.15) is 11.6 Å². The maximum atomic E-state index is 13.8. The molecule has 0 fully saturated rings. The van der Waals surface area contributed by atoms with Gasteiger partial charge in [0.2, 0.25) is 5.89 Å². The summed E-state index contributed by atoms with van der Waals surface area (Å²) in [4.78, 5) is 15.6. The minimum Gasteiger partial charge on any atom is -0.339 e. The summed E-state index contributed by atoms with van der Waals surface area (Å²) in [5.74, 6) is -0.311. The van der Waals surface area contributed by atoms with Gasteiger partial charge in [-0.05, 0) is 25.0 Å². The van der Waals surface area contributed by atoms with Crippen molar-refractivity contribution >= 4 is 17.4 Å². The molecule has 1 heterocycles. The summed E-state index contributed by atoms with van der Waals surface area (Å²) in [5, 5.41) is 3.84. The Morgan fingerprint density at radius 2 is 2.25 bits per heavy atom. The number of carbonyl (C=O) groups is 1. The second-order valence-electron chi connectivity index (χ2n) is 4.51. The quantitative estimate of drug-likeness (QED) is 0.847. The van der Waals surface area contributed by atoms with Crippen molar-refractivity contribution < 1.29 is 13.7 Å². The predicted octanol–water partition coefficient (Wildman–Crippen LogP) is 3.54. The Hall–Kier alpha value is -1.75. The van der Waals surface area contributed by atoms with Gasteiger partial charge in [0, 0.05) is 6.42 Å². The van der Waals surface area contributed by atoms with Crippen molar-refractivity contribution in [3.63, 3.8) is 0 Å². The van der Waals surface area contributed by atoms with Gasteiger partial charge in [0.25, 0.3) is 0 Å². The van der Waals surface area contributed by atoms with Crippen LogP contribution in [-0.2, 0) is 11.2 Å². The number of hydrogen-bond donors (Lipinski definition) is 0. The number of ketones is 1. The standard InChI is InChI=1S/C14H14ClFN2O2/c1-3-10(8(2)19)14-17-12(18-20-14)7-9-5-4-6-11(15)13(9)16/h4-6,10H,3,7H2,1-2H3. The van der Waals surface area contributed by atoms with E-state index in [2.05, 4.69) is 10.1 Å².